The van der Waals surface area contributed by atoms with E-state index >= 15 is 0 Å². The minimum absolute atomic E-state index is 0.138. The first kappa shape index (κ1) is 26.2. The highest BCUT2D eigenvalue weighted by Gasteiger charge is 2.13. The summed E-state index contributed by atoms with van der Waals surface area (Å²) < 4.78 is 9.99. The average molecular weight is 495 g/mol. The van der Waals surface area contributed by atoms with Crippen LogP contribution in [0.25, 0.3) is 0 Å². The van der Waals surface area contributed by atoms with Crippen LogP contribution in [0.4, 0.5) is 11.4 Å². The minimum Gasteiger partial charge on any atom is -0.462 e. The molecule has 0 heterocycles. The summed E-state index contributed by atoms with van der Waals surface area (Å²) in [5, 5.41) is 5.56. The number of ether oxygens (including phenoxy) is 2. The fraction of sp³-hybridized carbons (Fsp3) is 0.304. The third-order valence-corrected chi connectivity index (χ3v) is 5.10. The topological polar surface area (TPSA) is 111 Å². The molecule has 0 unspecified atom stereocenters. The number of nitrogens with one attached hydrogen (secondary N) is 2. The van der Waals surface area contributed by atoms with E-state index in [1.54, 1.807) is 42.5 Å². The molecule has 2 aromatic rings. The van der Waals surface area contributed by atoms with E-state index in [4.69, 9.17) is 32.7 Å². The van der Waals surface area contributed by atoms with Gasteiger partial charge in [0.2, 0.25) is 5.91 Å². The number of carbonyl (C=O) groups excluding carboxylic acids is 4. The van der Waals surface area contributed by atoms with E-state index in [-0.39, 0.29) is 22.9 Å². The van der Waals surface area contributed by atoms with Crippen LogP contribution in [0.5, 0.6) is 0 Å². The van der Waals surface area contributed by atoms with Crippen LogP contribution < -0.4 is 10.6 Å². The number of halogens is 2. The number of unbranched alkanes of at least 4 members (excludes halogenated alkanes) is 1. The van der Waals surface area contributed by atoms with Gasteiger partial charge in [-0.05, 0) is 42.8 Å². The summed E-state index contributed by atoms with van der Waals surface area (Å²) >= 11 is 11.9. The lowest BCUT2D eigenvalue weighted by molar-refractivity contribution is -0.147. The molecule has 0 radical (unpaired) electrons. The maximum atomic E-state index is 12.0. The van der Waals surface area contributed by atoms with Crippen LogP contribution in [0.3, 0.4) is 0 Å². The molecule has 2 N–H and O–H groups in total. The molecule has 0 atom stereocenters. The second-order valence-corrected chi connectivity index (χ2v) is 7.71. The van der Waals surface area contributed by atoms with Crippen LogP contribution in [-0.2, 0) is 23.9 Å². The monoisotopic (exact) mass is 494 g/mol. The number of anilines is 2. The van der Waals surface area contributed by atoms with Crippen LogP contribution in [0.15, 0.2) is 42.5 Å². The molecular formula is C23H24Cl2N2O6. The third kappa shape index (κ3) is 9.11. The van der Waals surface area contributed by atoms with Crippen molar-refractivity contribution in [2.75, 3.05) is 23.8 Å². The van der Waals surface area contributed by atoms with Gasteiger partial charge in [0.15, 0.2) is 6.61 Å². The molecular weight excluding hydrogens is 471 g/mol. The Kier molecular flexibility index (Phi) is 10.7. The van der Waals surface area contributed by atoms with Crippen molar-refractivity contribution in [2.24, 2.45) is 0 Å². The molecule has 2 rings (SSSR count). The number of carbonyl (C=O) groups is 4. The molecule has 0 fully saturated rings. The Labute approximate surface area is 201 Å². The largest absolute Gasteiger partial charge is 0.462 e. The second-order valence-electron chi connectivity index (χ2n) is 6.93. The van der Waals surface area contributed by atoms with Gasteiger partial charge in [-0.3, -0.25) is 14.4 Å². The van der Waals surface area contributed by atoms with Crippen LogP contribution >= 0.6 is 23.2 Å². The number of hydrogen-bond donors (Lipinski definition) is 2. The molecule has 176 valence electrons. The SMILES string of the molecule is CCCCOC(=O)c1ccc(NC(=O)CCC(=O)OCC(=O)Nc2cccc(Cl)c2Cl)cc1. The van der Waals surface area contributed by atoms with Crippen molar-refractivity contribution in [3.05, 3.63) is 58.1 Å². The summed E-state index contributed by atoms with van der Waals surface area (Å²) in [6.07, 6.45) is 1.38. The molecule has 0 aliphatic heterocycles. The molecule has 2 amide bonds. The Morgan fingerprint density at radius 2 is 1.61 bits per heavy atom. The van der Waals surface area contributed by atoms with E-state index in [9.17, 15) is 19.2 Å². The fourth-order valence-electron chi connectivity index (χ4n) is 2.53. The molecule has 2 aromatic carbocycles. The van der Waals surface area contributed by atoms with Gasteiger partial charge in [-0.15, -0.1) is 0 Å². The highest BCUT2D eigenvalue weighted by Crippen LogP contribution is 2.29. The quantitative estimate of drug-likeness (QED) is 0.341. The van der Waals surface area contributed by atoms with Crippen LogP contribution in [0.2, 0.25) is 10.0 Å². The van der Waals surface area contributed by atoms with Gasteiger partial charge in [-0.1, -0.05) is 42.6 Å². The minimum atomic E-state index is -0.706. The summed E-state index contributed by atoms with van der Waals surface area (Å²) in [4.78, 5) is 47.6. The number of rotatable bonds is 11. The van der Waals surface area contributed by atoms with Crippen LogP contribution in [0, 0.1) is 0 Å². The molecule has 0 bridgehead atoms. The Hall–Kier alpha value is -3.10. The molecule has 0 saturated heterocycles. The maximum Gasteiger partial charge on any atom is 0.338 e. The second kappa shape index (κ2) is 13.4. The lowest BCUT2D eigenvalue weighted by Crippen LogP contribution is -2.22. The van der Waals surface area contributed by atoms with Gasteiger partial charge in [0.25, 0.3) is 5.91 Å². The van der Waals surface area contributed by atoms with Gasteiger partial charge in [0, 0.05) is 12.1 Å². The van der Waals surface area contributed by atoms with Crippen molar-refractivity contribution in [1.82, 2.24) is 0 Å². The maximum absolute atomic E-state index is 12.0. The van der Waals surface area contributed by atoms with Crippen molar-refractivity contribution in [2.45, 2.75) is 32.6 Å². The smallest absolute Gasteiger partial charge is 0.338 e. The zero-order valence-corrected chi connectivity index (χ0v) is 19.5. The number of benzene rings is 2. The first-order chi connectivity index (χ1) is 15.8. The van der Waals surface area contributed by atoms with E-state index in [0.29, 0.717) is 23.5 Å². The number of hydrogen-bond acceptors (Lipinski definition) is 6. The highest BCUT2D eigenvalue weighted by molar-refractivity contribution is 6.44. The number of amides is 2. The predicted molar refractivity (Wildman–Crippen MR) is 126 cm³/mol. The van der Waals surface area contributed by atoms with E-state index in [0.717, 1.165) is 12.8 Å². The summed E-state index contributed by atoms with van der Waals surface area (Å²) in [5.74, 6) is -2.14. The molecule has 0 aromatic heterocycles. The van der Waals surface area contributed by atoms with Gasteiger partial charge >= 0.3 is 11.9 Å². The lowest BCUT2D eigenvalue weighted by Gasteiger charge is -2.09. The Bertz CT molecular complexity index is 995. The predicted octanol–water partition coefficient (Wildman–Crippen LogP) is 4.85. The Balaban J connectivity index is 1.70. The van der Waals surface area contributed by atoms with Gasteiger partial charge in [0.05, 0.1) is 34.3 Å². The summed E-state index contributed by atoms with van der Waals surface area (Å²) in [7, 11) is 0. The molecule has 33 heavy (non-hydrogen) atoms. The van der Waals surface area contributed by atoms with Crippen LogP contribution in [0.1, 0.15) is 43.0 Å². The third-order valence-electron chi connectivity index (χ3n) is 4.28. The average Bonchev–Trinajstić information content (AvgIpc) is 2.80. The van der Waals surface area contributed by atoms with Gasteiger partial charge in [-0.25, -0.2) is 4.79 Å². The molecule has 0 saturated carbocycles. The summed E-state index contributed by atoms with van der Waals surface area (Å²) in [6, 6.07) is 11.0. The first-order valence-corrected chi connectivity index (χ1v) is 11.0. The Morgan fingerprint density at radius 1 is 0.879 bits per heavy atom. The van der Waals surface area contributed by atoms with Crippen molar-refractivity contribution in [3.63, 3.8) is 0 Å². The van der Waals surface area contributed by atoms with E-state index in [1.807, 2.05) is 6.92 Å². The first-order valence-electron chi connectivity index (χ1n) is 10.3. The molecule has 0 spiro atoms. The molecule has 10 heteroatoms. The van der Waals surface area contributed by atoms with Crippen LogP contribution in [-0.4, -0.2) is 37.0 Å². The van der Waals surface area contributed by atoms with Crippen molar-refractivity contribution in [1.29, 1.82) is 0 Å². The van der Waals surface area contributed by atoms with Crippen molar-refractivity contribution in [3.8, 4) is 0 Å². The fourth-order valence-corrected chi connectivity index (χ4v) is 2.87. The summed E-state index contributed by atoms with van der Waals surface area (Å²) in [5.41, 5.74) is 1.14. The zero-order chi connectivity index (χ0) is 24.2. The molecule has 0 aliphatic carbocycles. The zero-order valence-electron chi connectivity index (χ0n) is 18.0. The highest BCUT2D eigenvalue weighted by atomic mass is 35.5. The number of esters is 2. The van der Waals surface area contributed by atoms with Crippen molar-refractivity contribution >= 4 is 58.3 Å². The van der Waals surface area contributed by atoms with E-state index in [1.165, 1.54) is 0 Å². The Morgan fingerprint density at radius 3 is 2.30 bits per heavy atom. The molecule has 0 aliphatic rings. The van der Waals surface area contributed by atoms with Gasteiger partial charge in [-0.2, -0.15) is 0 Å². The molecule has 8 nitrogen and oxygen atoms in total. The van der Waals surface area contributed by atoms with E-state index in [2.05, 4.69) is 10.6 Å². The lowest BCUT2D eigenvalue weighted by atomic mass is 10.2. The standard InChI is InChI=1S/C23H24Cl2N2O6/c1-2-3-13-32-23(31)15-7-9-16(10-8-15)26-19(28)11-12-21(30)33-14-20(29)27-18-6-4-5-17(24)22(18)25/h4-10H,2-3,11-14H2,1H3,(H,26,28)(H,27,29). The van der Waals surface area contributed by atoms with Gasteiger partial charge in [0.1, 0.15) is 0 Å². The summed E-state index contributed by atoms with van der Waals surface area (Å²) in [6.45, 7) is 1.83. The normalized spacial score (nSPS) is 10.3. The van der Waals surface area contributed by atoms with Gasteiger partial charge < -0.3 is 20.1 Å². The van der Waals surface area contributed by atoms with Crippen molar-refractivity contribution < 1.29 is 28.7 Å². The van der Waals surface area contributed by atoms with E-state index < -0.39 is 30.4 Å².